The molecule has 0 atom stereocenters. The highest BCUT2D eigenvalue weighted by molar-refractivity contribution is 7.89. The van der Waals surface area contributed by atoms with Gasteiger partial charge in [0.1, 0.15) is 4.90 Å². The third kappa shape index (κ3) is 4.99. The van der Waals surface area contributed by atoms with Crippen LogP contribution in [-0.2, 0) is 14.8 Å². The number of rotatable bonds is 7. The smallest absolute Gasteiger partial charge is 0.240 e. The van der Waals surface area contributed by atoms with E-state index in [1.54, 1.807) is 19.2 Å². The highest BCUT2D eigenvalue weighted by atomic mass is 32.2. The van der Waals surface area contributed by atoms with E-state index in [0.29, 0.717) is 6.61 Å². The number of anilines is 2. The maximum Gasteiger partial charge on any atom is 0.240 e. The molecule has 0 aliphatic heterocycles. The number of hydrogen-bond acceptors (Lipinski definition) is 5. The molecular formula is C13H23N3O3S. The van der Waals surface area contributed by atoms with Crippen molar-refractivity contribution in [3.63, 3.8) is 0 Å². The molecule has 1 aromatic carbocycles. The van der Waals surface area contributed by atoms with Crippen LogP contribution < -0.4 is 16.2 Å². The zero-order chi connectivity index (χ0) is 15.4. The Balaban J connectivity index is 2.73. The number of nitrogens with one attached hydrogen (secondary N) is 1. The van der Waals surface area contributed by atoms with E-state index in [-0.39, 0.29) is 16.0 Å². The largest absolute Gasteiger partial charge is 0.398 e. The van der Waals surface area contributed by atoms with E-state index in [0.717, 1.165) is 18.7 Å². The van der Waals surface area contributed by atoms with E-state index < -0.39 is 10.0 Å². The molecule has 0 amide bonds. The molecule has 0 aromatic heterocycles. The minimum Gasteiger partial charge on any atom is -0.398 e. The second-order valence-corrected chi connectivity index (χ2v) is 7.09. The van der Waals surface area contributed by atoms with Crippen LogP contribution in [0.1, 0.15) is 20.3 Å². The maximum atomic E-state index is 11.3. The molecule has 1 rings (SSSR count). The molecule has 0 saturated heterocycles. The van der Waals surface area contributed by atoms with Crippen LogP contribution in [0.3, 0.4) is 0 Å². The van der Waals surface area contributed by atoms with Crippen LogP contribution in [0.4, 0.5) is 11.4 Å². The van der Waals surface area contributed by atoms with E-state index in [1.807, 2.05) is 0 Å². The molecule has 6 nitrogen and oxygen atoms in total. The van der Waals surface area contributed by atoms with Crippen LogP contribution in [0.5, 0.6) is 0 Å². The normalized spacial score (nSPS) is 12.4. The van der Waals surface area contributed by atoms with Crippen LogP contribution in [0.15, 0.2) is 23.1 Å². The first-order chi connectivity index (χ1) is 9.15. The van der Waals surface area contributed by atoms with E-state index in [2.05, 4.69) is 19.2 Å². The third-order valence-corrected chi connectivity index (χ3v) is 4.06. The Hall–Kier alpha value is -1.31. The van der Waals surface area contributed by atoms with Gasteiger partial charge in [-0.1, -0.05) is 13.8 Å². The molecule has 114 valence electrons. The molecule has 0 spiro atoms. The quantitative estimate of drug-likeness (QED) is 0.660. The lowest BCUT2D eigenvalue weighted by Gasteiger charge is -2.25. The summed E-state index contributed by atoms with van der Waals surface area (Å²) in [4.78, 5) is -0.0540. The second kappa shape index (κ2) is 6.43. The monoisotopic (exact) mass is 301 g/mol. The van der Waals surface area contributed by atoms with Crippen molar-refractivity contribution in [2.24, 2.45) is 10.6 Å². The van der Waals surface area contributed by atoms with Crippen LogP contribution in [0.2, 0.25) is 0 Å². The SMILES string of the molecule is COCCC(C)(C)CNc1ccc(S(N)(=O)=O)c(N)c1. The van der Waals surface area contributed by atoms with Gasteiger partial charge in [0.25, 0.3) is 0 Å². The number of methoxy groups -OCH3 is 1. The number of nitrogen functional groups attached to an aromatic ring is 1. The highest BCUT2D eigenvalue weighted by Gasteiger charge is 2.18. The zero-order valence-electron chi connectivity index (χ0n) is 12.1. The number of sulfonamides is 1. The van der Waals surface area contributed by atoms with Gasteiger partial charge in [0, 0.05) is 25.9 Å². The van der Waals surface area contributed by atoms with Crippen molar-refractivity contribution in [1.82, 2.24) is 0 Å². The fraction of sp³-hybridized carbons (Fsp3) is 0.538. The first-order valence-corrected chi connectivity index (χ1v) is 7.85. The van der Waals surface area contributed by atoms with Crippen molar-refractivity contribution in [3.05, 3.63) is 18.2 Å². The van der Waals surface area contributed by atoms with Crippen molar-refractivity contribution in [3.8, 4) is 0 Å². The van der Waals surface area contributed by atoms with Gasteiger partial charge >= 0.3 is 0 Å². The summed E-state index contributed by atoms with van der Waals surface area (Å²) in [6, 6.07) is 4.64. The number of ether oxygens (including phenoxy) is 1. The number of benzene rings is 1. The summed E-state index contributed by atoms with van der Waals surface area (Å²) in [5.74, 6) is 0. The molecule has 0 unspecified atom stereocenters. The molecule has 0 aliphatic carbocycles. The summed E-state index contributed by atoms with van der Waals surface area (Å²) in [5.41, 5.74) is 6.68. The van der Waals surface area contributed by atoms with Crippen LogP contribution in [0, 0.1) is 5.41 Å². The Morgan fingerprint density at radius 2 is 2.00 bits per heavy atom. The Labute approximate surface area is 120 Å². The minimum atomic E-state index is -3.77. The Bertz CT molecular complexity index is 556. The Kier molecular flexibility index (Phi) is 5.38. The molecular weight excluding hydrogens is 278 g/mol. The first-order valence-electron chi connectivity index (χ1n) is 6.31. The van der Waals surface area contributed by atoms with Gasteiger partial charge in [-0.25, -0.2) is 13.6 Å². The van der Waals surface area contributed by atoms with Crippen molar-refractivity contribution < 1.29 is 13.2 Å². The lowest BCUT2D eigenvalue weighted by atomic mass is 9.89. The number of primary sulfonamides is 1. The average Bonchev–Trinajstić information content (AvgIpc) is 2.33. The van der Waals surface area contributed by atoms with E-state index >= 15 is 0 Å². The zero-order valence-corrected chi connectivity index (χ0v) is 13.0. The first kappa shape index (κ1) is 16.7. The molecule has 0 fully saturated rings. The van der Waals surface area contributed by atoms with E-state index in [1.165, 1.54) is 6.07 Å². The second-order valence-electron chi connectivity index (χ2n) is 5.56. The molecule has 0 aliphatic rings. The topological polar surface area (TPSA) is 107 Å². The highest BCUT2D eigenvalue weighted by Crippen LogP contribution is 2.24. The summed E-state index contributed by atoms with van der Waals surface area (Å²) in [6.45, 7) is 5.67. The molecule has 1 aromatic rings. The van der Waals surface area contributed by atoms with Gasteiger partial charge in [-0.3, -0.25) is 0 Å². The standard InChI is InChI=1S/C13H23N3O3S/c1-13(2,6-7-19-3)9-16-10-4-5-12(11(14)8-10)20(15,17)18/h4-5,8,16H,6-7,9,14H2,1-3H3,(H2,15,17,18). The van der Waals surface area contributed by atoms with Gasteiger partial charge in [-0.2, -0.15) is 0 Å². The summed E-state index contributed by atoms with van der Waals surface area (Å²) in [5, 5.41) is 8.31. The fourth-order valence-electron chi connectivity index (χ4n) is 1.73. The summed E-state index contributed by atoms with van der Waals surface area (Å²) >= 11 is 0. The van der Waals surface area contributed by atoms with Crippen molar-refractivity contribution in [1.29, 1.82) is 0 Å². The van der Waals surface area contributed by atoms with Crippen molar-refractivity contribution in [2.75, 3.05) is 31.3 Å². The van der Waals surface area contributed by atoms with Crippen LogP contribution in [-0.4, -0.2) is 28.7 Å². The third-order valence-electron chi connectivity index (χ3n) is 3.07. The van der Waals surface area contributed by atoms with Crippen molar-refractivity contribution >= 4 is 21.4 Å². The van der Waals surface area contributed by atoms with Gasteiger partial charge < -0.3 is 15.8 Å². The fourth-order valence-corrected chi connectivity index (χ4v) is 2.37. The Morgan fingerprint density at radius 3 is 2.50 bits per heavy atom. The van der Waals surface area contributed by atoms with Gasteiger partial charge in [0.2, 0.25) is 10.0 Å². The summed E-state index contributed by atoms with van der Waals surface area (Å²) in [7, 11) is -2.10. The molecule has 20 heavy (non-hydrogen) atoms. The number of hydrogen-bond donors (Lipinski definition) is 3. The van der Waals surface area contributed by atoms with E-state index in [9.17, 15) is 8.42 Å². The average molecular weight is 301 g/mol. The van der Waals surface area contributed by atoms with Gasteiger partial charge in [-0.05, 0) is 30.0 Å². The van der Waals surface area contributed by atoms with E-state index in [4.69, 9.17) is 15.6 Å². The molecule has 7 heteroatoms. The van der Waals surface area contributed by atoms with Crippen LogP contribution >= 0.6 is 0 Å². The predicted octanol–water partition coefficient (Wildman–Crippen LogP) is 1.39. The van der Waals surface area contributed by atoms with Gasteiger partial charge in [0.05, 0.1) is 5.69 Å². The molecule has 0 bridgehead atoms. The summed E-state index contributed by atoms with van der Waals surface area (Å²) < 4.78 is 27.6. The molecule has 5 N–H and O–H groups in total. The van der Waals surface area contributed by atoms with Crippen molar-refractivity contribution in [2.45, 2.75) is 25.2 Å². The summed E-state index contributed by atoms with van der Waals surface area (Å²) in [6.07, 6.45) is 0.918. The maximum absolute atomic E-state index is 11.3. The van der Waals surface area contributed by atoms with Crippen LogP contribution in [0.25, 0.3) is 0 Å². The number of nitrogens with two attached hydrogens (primary N) is 2. The lowest BCUT2D eigenvalue weighted by Crippen LogP contribution is -2.24. The van der Waals surface area contributed by atoms with Gasteiger partial charge in [-0.15, -0.1) is 0 Å². The van der Waals surface area contributed by atoms with Gasteiger partial charge in [0.15, 0.2) is 0 Å². The predicted molar refractivity (Wildman–Crippen MR) is 81.0 cm³/mol. The molecule has 0 heterocycles. The minimum absolute atomic E-state index is 0.0540. The molecule has 0 radical (unpaired) electrons. The Morgan fingerprint density at radius 1 is 1.35 bits per heavy atom. The molecule has 0 saturated carbocycles. The lowest BCUT2D eigenvalue weighted by molar-refractivity contribution is 0.157.